The van der Waals surface area contributed by atoms with Crippen molar-refractivity contribution < 1.29 is 28.5 Å². The molecule has 0 bridgehead atoms. The lowest BCUT2D eigenvalue weighted by Gasteiger charge is -2.30. The van der Waals surface area contributed by atoms with Crippen LogP contribution < -0.4 is 30.3 Å². The topological polar surface area (TPSA) is 120 Å². The normalized spacial score (nSPS) is 14.5. The van der Waals surface area contributed by atoms with Gasteiger partial charge in [-0.15, -0.1) is 0 Å². The zero-order valence-corrected chi connectivity index (χ0v) is 26.4. The number of para-hydroxylation sites is 1. The Labute approximate surface area is 270 Å². The highest BCUT2D eigenvalue weighted by atomic mass is 35.5. The van der Waals surface area contributed by atoms with Crippen LogP contribution in [-0.4, -0.2) is 43.5 Å². The van der Waals surface area contributed by atoms with Crippen LogP contribution in [0.5, 0.6) is 17.2 Å². The molecule has 3 N–H and O–H groups in total. The second-order valence-electron chi connectivity index (χ2n) is 9.35. The zero-order valence-electron chi connectivity index (χ0n) is 24.1. The van der Waals surface area contributed by atoms with E-state index in [4.69, 9.17) is 54.4 Å². The molecule has 4 rings (SSSR count). The van der Waals surface area contributed by atoms with Gasteiger partial charge in [0, 0.05) is 26.9 Å². The summed E-state index contributed by atoms with van der Waals surface area (Å²) in [5.74, 6) is 0.397. The minimum absolute atomic E-state index is 0.218. The van der Waals surface area contributed by atoms with Crippen molar-refractivity contribution in [3.8, 4) is 17.2 Å². The highest BCUT2D eigenvalue weighted by Gasteiger charge is 2.32. The summed E-state index contributed by atoms with van der Waals surface area (Å²) < 4.78 is 22.4. The van der Waals surface area contributed by atoms with Crippen LogP contribution in [0.1, 0.15) is 36.6 Å². The third-order valence-corrected chi connectivity index (χ3v) is 7.15. The van der Waals surface area contributed by atoms with Gasteiger partial charge in [-0.3, -0.25) is 4.79 Å². The number of hydrazone groups is 1. The van der Waals surface area contributed by atoms with Gasteiger partial charge in [-0.2, -0.15) is 5.10 Å². The molecule has 3 aromatic carbocycles. The first-order valence-corrected chi connectivity index (χ1v) is 14.6. The SMILES string of the molecule is CCOC(=O)C1=C(C)NC(=S)N[C@@H]1c1ccccc1OCC(=O)NN=Cc1ccc(OCc2ccc(Cl)cc2Cl)c(OC)c1. The van der Waals surface area contributed by atoms with E-state index in [1.807, 2.05) is 0 Å². The van der Waals surface area contributed by atoms with E-state index in [9.17, 15) is 9.59 Å². The number of nitrogens with zero attached hydrogens (tertiary/aromatic N) is 1. The van der Waals surface area contributed by atoms with Crippen LogP contribution >= 0.6 is 35.4 Å². The Hall–Kier alpha value is -4.32. The summed E-state index contributed by atoms with van der Waals surface area (Å²) >= 11 is 17.5. The van der Waals surface area contributed by atoms with E-state index in [-0.39, 0.29) is 19.8 Å². The van der Waals surface area contributed by atoms with Crippen molar-refractivity contribution in [2.75, 3.05) is 20.3 Å². The minimum atomic E-state index is -0.634. The fourth-order valence-corrected chi connectivity index (χ4v) is 5.02. The minimum Gasteiger partial charge on any atom is -0.493 e. The number of hydrogen-bond donors (Lipinski definition) is 3. The molecule has 1 atom stereocenters. The largest absolute Gasteiger partial charge is 0.493 e. The molecule has 0 saturated carbocycles. The van der Waals surface area contributed by atoms with E-state index in [2.05, 4.69) is 21.2 Å². The molecule has 1 aliphatic heterocycles. The van der Waals surface area contributed by atoms with Crippen LogP contribution in [-0.2, 0) is 20.9 Å². The lowest BCUT2D eigenvalue weighted by atomic mass is 9.95. The highest BCUT2D eigenvalue weighted by molar-refractivity contribution is 7.80. The molecule has 44 heavy (non-hydrogen) atoms. The third-order valence-electron chi connectivity index (χ3n) is 6.34. The molecule has 3 aromatic rings. The summed E-state index contributed by atoms with van der Waals surface area (Å²) in [5.41, 5.74) is 5.43. The lowest BCUT2D eigenvalue weighted by Crippen LogP contribution is -2.45. The zero-order chi connectivity index (χ0) is 31.6. The highest BCUT2D eigenvalue weighted by Crippen LogP contribution is 2.34. The maximum atomic E-state index is 12.7. The molecular formula is C31H30Cl2N4O6S. The summed E-state index contributed by atoms with van der Waals surface area (Å²) in [6, 6.07) is 16.8. The number of ether oxygens (including phenoxy) is 4. The smallest absolute Gasteiger partial charge is 0.338 e. The van der Waals surface area contributed by atoms with Crippen molar-refractivity contribution in [2.24, 2.45) is 5.10 Å². The van der Waals surface area contributed by atoms with Gasteiger partial charge in [-0.25, -0.2) is 10.2 Å². The summed E-state index contributed by atoms with van der Waals surface area (Å²) in [6.45, 7) is 3.59. The van der Waals surface area contributed by atoms with Crippen molar-refractivity contribution in [1.29, 1.82) is 0 Å². The van der Waals surface area contributed by atoms with E-state index in [1.165, 1.54) is 13.3 Å². The summed E-state index contributed by atoms with van der Waals surface area (Å²) in [5, 5.41) is 11.5. The van der Waals surface area contributed by atoms with Gasteiger partial charge in [-0.1, -0.05) is 47.5 Å². The molecule has 0 fully saturated rings. The molecule has 0 saturated heterocycles. The fraction of sp³-hybridized carbons (Fsp3) is 0.226. The first kappa shape index (κ1) is 32.6. The van der Waals surface area contributed by atoms with E-state index in [1.54, 1.807) is 74.5 Å². The van der Waals surface area contributed by atoms with Gasteiger partial charge >= 0.3 is 5.97 Å². The van der Waals surface area contributed by atoms with Crippen molar-refractivity contribution in [2.45, 2.75) is 26.5 Å². The maximum absolute atomic E-state index is 12.7. The Morgan fingerprint density at radius 1 is 1.05 bits per heavy atom. The third kappa shape index (κ3) is 8.40. The first-order valence-electron chi connectivity index (χ1n) is 13.4. The van der Waals surface area contributed by atoms with E-state index in [0.717, 1.165) is 5.56 Å². The number of rotatable bonds is 12. The Morgan fingerprint density at radius 2 is 1.84 bits per heavy atom. The van der Waals surface area contributed by atoms with Gasteiger partial charge in [0.1, 0.15) is 12.4 Å². The summed E-state index contributed by atoms with van der Waals surface area (Å²) in [7, 11) is 1.52. The number of amides is 1. The van der Waals surface area contributed by atoms with Crippen molar-refractivity contribution in [1.82, 2.24) is 16.1 Å². The molecular weight excluding hydrogens is 627 g/mol. The van der Waals surface area contributed by atoms with Crippen molar-refractivity contribution in [3.63, 3.8) is 0 Å². The lowest BCUT2D eigenvalue weighted by molar-refractivity contribution is -0.139. The van der Waals surface area contributed by atoms with Gasteiger partial charge < -0.3 is 29.6 Å². The Balaban J connectivity index is 1.37. The van der Waals surface area contributed by atoms with Gasteiger partial charge in [0.2, 0.25) is 0 Å². The average molecular weight is 658 g/mol. The van der Waals surface area contributed by atoms with E-state index >= 15 is 0 Å². The number of benzene rings is 3. The average Bonchev–Trinajstić information content (AvgIpc) is 2.99. The maximum Gasteiger partial charge on any atom is 0.338 e. The number of esters is 1. The second-order valence-corrected chi connectivity index (χ2v) is 10.6. The number of carbonyl (C=O) groups is 2. The van der Waals surface area contributed by atoms with Crippen molar-refractivity contribution >= 4 is 58.6 Å². The van der Waals surface area contributed by atoms with Crippen LogP contribution in [0, 0.1) is 0 Å². The molecule has 10 nitrogen and oxygen atoms in total. The second kappa shape index (κ2) is 15.4. The molecule has 0 spiro atoms. The Bertz CT molecular complexity index is 1610. The van der Waals surface area contributed by atoms with Crippen LogP contribution in [0.2, 0.25) is 10.0 Å². The molecule has 1 amide bonds. The van der Waals surface area contributed by atoms with Crippen LogP contribution in [0.3, 0.4) is 0 Å². The van der Waals surface area contributed by atoms with Gasteiger partial charge in [-0.05, 0) is 68.0 Å². The number of thiocarbonyl (C=S) groups is 1. The Kier molecular flexibility index (Phi) is 11.4. The van der Waals surface area contributed by atoms with E-state index < -0.39 is 17.9 Å². The number of methoxy groups -OCH3 is 1. The number of hydrogen-bond acceptors (Lipinski definition) is 8. The van der Waals surface area contributed by atoms with Crippen LogP contribution in [0.4, 0.5) is 0 Å². The quantitative estimate of drug-likeness (QED) is 0.101. The van der Waals surface area contributed by atoms with E-state index in [0.29, 0.717) is 54.8 Å². The number of halogens is 2. The molecule has 230 valence electrons. The standard InChI is InChI=1S/C31H30Cl2N4O6S/c1-4-41-30(39)28-18(2)35-31(44)36-29(28)22-7-5-6-8-24(22)43-17-27(38)37-34-15-19-9-12-25(26(13-19)40-3)42-16-20-10-11-21(32)14-23(20)33/h5-15,29H,4,16-17H2,1-3H3,(H,37,38)(H2,35,36,44)/t29-/m1/s1. The van der Waals surface area contributed by atoms with Gasteiger partial charge in [0.15, 0.2) is 23.2 Å². The number of nitrogens with one attached hydrogen (secondary N) is 3. The molecule has 0 aromatic heterocycles. The molecule has 13 heteroatoms. The predicted octanol–water partition coefficient (Wildman–Crippen LogP) is 5.47. The monoisotopic (exact) mass is 656 g/mol. The molecule has 0 radical (unpaired) electrons. The van der Waals surface area contributed by atoms with Crippen molar-refractivity contribution in [3.05, 3.63) is 98.7 Å². The molecule has 0 aliphatic carbocycles. The molecule has 1 heterocycles. The summed E-state index contributed by atoms with van der Waals surface area (Å²) in [6.07, 6.45) is 1.47. The summed E-state index contributed by atoms with van der Waals surface area (Å²) in [4.78, 5) is 25.3. The van der Waals surface area contributed by atoms with Crippen LogP contribution in [0.25, 0.3) is 0 Å². The van der Waals surface area contributed by atoms with Gasteiger partial charge in [0.25, 0.3) is 5.91 Å². The van der Waals surface area contributed by atoms with Gasteiger partial charge in [0.05, 0.1) is 31.5 Å². The first-order chi connectivity index (χ1) is 21.2. The van der Waals surface area contributed by atoms with Crippen LogP contribution in [0.15, 0.2) is 77.0 Å². The fourth-order valence-electron chi connectivity index (χ4n) is 4.29. The predicted molar refractivity (Wildman–Crippen MR) is 172 cm³/mol. The number of carbonyl (C=O) groups excluding carboxylic acids is 2. The number of allylic oxidation sites excluding steroid dienone is 1. The Morgan fingerprint density at radius 3 is 2.59 bits per heavy atom. The molecule has 1 aliphatic rings. The molecule has 0 unspecified atom stereocenters.